The zero-order valence-electron chi connectivity index (χ0n) is 12.1. The van der Waals surface area contributed by atoms with E-state index in [0.717, 1.165) is 29.5 Å². The minimum atomic E-state index is -0.391. The Hall–Kier alpha value is -1.34. The topological polar surface area (TPSA) is 61.2 Å². The van der Waals surface area contributed by atoms with Crippen LogP contribution in [0.3, 0.4) is 0 Å². The number of carbonyl (C=O) groups excluding carboxylic acids is 1. The van der Waals surface area contributed by atoms with Crippen molar-refractivity contribution in [3.8, 4) is 0 Å². The molecule has 7 heteroatoms. The van der Waals surface area contributed by atoms with Gasteiger partial charge in [-0.3, -0.25) is 14.2 Å². The molecule has 0 radical (unpaired) electrons. The Morgan fingerprint density at radius 1 is 1.48 bits per heavy atom. The van der Waals surface area contributed by atoms with Gasteiger partial charge in [0.05, 0.1) is 12.5 Å². The zero-order valence-corrected chi connectivity index (χ0v) is 13.8. The van der Waals surface area contributed by atoms with Crippen LogP contribution in [0.5, 0.6) is 0 Å². The molecule has 0 saturated carbocycles. The molecule has 1 aliphatic rings. The van der Waals surface area contributed by atoms with Gasteiger partial charge >= 0.3 is 5.97 Å². The lowest BCUT2D eigenvalue weighted by atomic mass is 10.2. The Labute approximate surface area is 130 Å². The number of aromatic nitrogens is 2. The molecule has 0 spiro atoms. The standard InChI is InChI=1S/C14H16N2O3S2/c1-7(13(18)19-3)20-14-15-11-10(12(17)16(14)2)8-5-4-6-9(8)21-11/h7H,4-6H2,1-3H3. The highest BCUT2D eigenvalue weighted by molar-refractivity contribution is 8.00. The van der Waals surface area contributed by atoms with Crippen LogP contribution in [-0.2, 0) is 29.4 Å². The van der Waals surface area contributed by atoms with Gasteiger partial charge in [-0.25, -0.2) is 4.98 Å². The highest BCUT2D eigenvalue weighted by Gasteiger charge is 2.24. The maximum absolute atomic E-state index is 12.6. The van der Waals surface area contributed by atoms with Gasteiger partial charge in [-0.2, -0.15) is 0 Å². The molecule has 2 aromatic rings. The van der Waals surface area contributed by atoms with Gasteiger partial charge < -0.3 is 4.74 Å². The summed E-state index contributed by atoms with van der Waals surface area (Å²) in [6.07, 6.45) is 3.13. The molecule has 1 atom stereocenters. The van der Waals surface area contributed by atoms with Gasteiger partial charge in [0, 0.05) is 11.9 Å². The molecule has 2 heterocycles. The van der Waals surface area contributed by atoms with Crippen molar-refractivity contribution in [3.63, 3.8) is 0 Å². The van der Waals surface area contributed by atoms with Crippen molar-refractivity contribution in [2.45, 2.75) is 36.6 Å². The fourth-order valence-electron chi connectivity index (χ4n) is 2.58. The summed E-state index contributed by atoms with van der Waals surface area (Å²) in [7, 11) is 3.07. The molecule has 0 N–H and O–H groups in total. The van der Waals surface area contributed by atoms with Crippen LogP contribution in [0.25, 0.3) is 10.2 Å². The quantitative estimate of drug-likeness (QED) is 0.492. The van der Waals surface area contributed by atoms with E-state index in [0.29, 0.717) is 5.16 Å². The summed E-state index contributed by atoms with van der Waals surface area (Å²) in [6, 6.07) is 0. The Morgan fingerprint density at radius 2 is 2.24 bits per heavy atom. The second-order valence-electron chi connectivity index (χ2n) is 5.08. The lowest BCUT2D eigenvalue weighted by molar-refractivity contribution is -0.139. The average molecular weight is 324 g/mol. The number of ether oxygens (including phenoxy) is 1. The van der Waals surface area contributed by atoms with Gasteiger partial charge in [-0.1, -0.05) is 11.8 Å². The van der Waals surface area contributed by atoms with Gasteiger partial charge in [0.1, 0.15) is 10.1 Å². The zero-order chi connectivity index (χ0) is 15.1. The lowest BCUT2D eigenvalue weighted by Crippen LogP contribution is -2.22. The van der Waals surface area contributed by atoms with Gasteiger partial charge in [-0.15, -0.1) is 11.3 Å². The molecule has 0 aromatic carbocycles. The molecule has 3 rings (SSSR count). The SMILES string of the molecule is COC(=O)C(C)Sc1nc2sc3c(c2c(=O)n1C)CCC3. The minimum absolute atomic E-state index is 0.0148. The molecule has 0 aliphatic heterocycles. The first-order chi connectivity index (χ1) is 10.0. The summed E-state index contributed by atoms with van der Waals surface area (Å²) in [6.45, 7) is 1.75. The Morgan fingerprint density at radius 3 is 2.95 bits per heavy atom. The Kier molecular flexibility index (Phi) is 3.79. The summed E-state index contributed by atoms with van der Waals surface area (Å²) in [5, 5.41) is 0.938. The summed E-state index contributed by atoms with van der Waals surface area (Å²) in [5.41, 5.74) is 1.17. The van der Waals surface area contributed by atoms with Crippen molar-refractivity contribution in [3.05, 3.63) is 20.8 Å². The van der Waals surface area contributed by atoms with E-state index in [9.17, 15) is 9.59 Å². The van der Waals surface area contributed by atoms with Crippen molar-refractivity contribution in [1.82, 2.24) is 9.55 Å². The maximum atomic E-state index is 12.6. The first-order valence-electron chi connectivity index (χ1n) is 6.78. The van der Waals surface area contributed by atoms with Crippen LogP contribution in [0.4, 0.5) is 0 Å². The van der Waals surface area contributed by atoms with Crippen LogP contribution in [0, 0.1) is 0 Å². The third-order valence-corrected chi connectivity index (χ3v) is 6.03. The molecule has 0 amide bonds. The van der Waals surface area contributed by atoms with E-state index in [2.05, 4.69) is 4.98 Å². The molecule has 0 bridgehead atoms. The second-order valence-corrected chi connectivity index (χ2v) is 7.47. The summed E-state index contributed by atoms with van der Waals surface area (Å²) in [4.78, 5) is 30.8. The third kappa shape index (κ3) is 2.38. The van der Waals surface area contributed by atoms with Crippen LogP contribution >= 0.6 is 23.1 Å². The van der Waals surface area contributed by atoms with Crippen LogP contribution in [0.15, 0.2) is 9.95 Å². The second kappa shape index (κ2) is 5.46. The van der Waals surface area contributed by atoms with Gasteiger partial charge in [0.15, 0.2) is 5.16 Å². The summed E-state index contributed by atoms with van der Waals surface area (Å²) in [5.74, 6) is -0.317. The number of methoxy groups -OCH3 is 1. The van der Waals surface area contributed by atoms with Crippen molar-refractivity contribution < 1.29 is 9.53 Å². The number of rotatable bonds is 3. The molecule has 112 valence electrons. The number of thiophene rings is 1. The van der Waals surface area contributed by atoms with E-state index >= 15 is 0 Å². The number of carbonyl (C=O) groups is 1. The monoisotopic (exact) mass is 324 g/mol. The summed E-state index contributed by atoms with van der Waals surface area (Å²) >= 11 is 2.87. The lowest BCUT2D eigenvalue weighted by Gasteiger charge is -2.11. The van der Waals surface area contributed by atoms with Gasteiger partial charge in [0.25, 0.3) is 5.56 Å². The fraction of sp³-hybridized carbons (Fsp3) is 0.500. The largest absolute Gasteiger partial charge is 0.468 e. The Bertz CT molecular complexity index is 779. The minimum Gasteiger partial charge on any atom is -0.468 e. The number of esters is 1. The first kappa shape index (κ1) is 14.6. The number of hydrogen-bond acceptors (Lipinski definition) is 6. The molecule has 1 aliphatic carbocycles. The van der Waals surface area contributed by atoms with Crippen LogP contribution in [-0.4, -0.2) is 27.9 Å². The summed E-state index contributed by atoms with van der Waals surface area (Å²) < 4.78 is 6.26. The van der Waals surface area contributed by atoms with E-state index in [1.165, 1.54) is 33.9 Å². The first-order valence-corrected chi connectivity index (χ1v) is 8.48. The Balaban J connectivity index is 2.07. The fourth-order valence-corrected chi connectivity index (χ4v) is 4.79. The van der Waals surface area contributed by atoms with Gasteiger partial charge in [0.2, 0.25) is 0 Å². The van der Waals surface area contributed by atoms with E-state index in [-0.39, 0.29) is 11.5 Å². The van der Waals surface area contributed by atoms with Crippen LogP contribution < -0.4 is 5.56 Å². The molecule has 1 unspecified atom stereocenters. The molecular weight excluding hydrogens is 308 g/mol. The highest BCUT2D eigenvalue weighted by Crippen LogP contribution is 2.35. The van der Waals surface area contributed by atoms with Crippen LogP contribution in [0.2, 0.25) is 0 Å². The molecular formula is C14H16N2O3S2. The number of fused-ring (bicyclic) bond motifs is 3. The average Bonchev–Trinajstić information content (AvgIpc) is 3.03. The molecule has 21 heavy (non-hydrogen) atoms. The number of hydrogen-bond donors (Lipinski definition) is 0. The highest BCUT2D eigenvalue weighted by atomic mass is 32.2. The van der Waals surface area contributed by atoms with Crippen molar-refractivity contribution in [1.29, 1.82) is 0 Å². The predicted octanol–water partition coefficient (Wildman–Crippen LogP) is 2.14. The third-order valence-electron chi connectivity index (χ3n) is 3.72. The van der Waals surface area contributed by atoms with E-state index in [1.54, 1.807) is 25.3 Å². The smallest absolute Gasteiger partial charge is 0.318 e. The molecule has 2 aromatic heterocycles. The van der Waals surface area contributed by atoms with E-state index in [1.807, 2.05) is 0 Å². The van der Waals surface area contributed by atoms with Crippen molar-refractivity contribution in [2.24, 2.45) is 7.05 Å². The van der Waals surface area contributed by atoms with Crippen LogP contribution in [0.1, 0.15) is 23.8 Å². The van der Waals surface area contributed by atoms with E-state index < -0.39 is 5.25 Å². The predicted molar refractivity (Wildman–Crippen MR) is 84.2 cm³/mol. The van der Waals surface area contributed by atoms with Crippen molar-refractivity contribution >= 4 is 39.3 Å². The number of aryl methyl sites for hydroxylation is 2. The number of thioether (sulfide) groups is 1. The van der Waals surface area contributed by atoms with Gasteiger partial charge in [-0.05, 0) is 31.7 Å². The normalized spacial score (nSPS) is 15.2. The maximum Gasteiger partial charge on any atom is 0.318 e. The molecule has 0 fully saturated rings. The van der Waals surface area contributed by atoms with E-state index in [4.69, 9.17) is 4.74 Å². The molecule has 0 saturated heterocycles. The van der Waals surface area contributed by atoms with Crippen molar-refractivity contribution in [2.75, 3.05) is 7.11 Å². The molecule has 5 nitrogen and oxygen atoms in total. The number of nitrogens with zero attached hydrogens (tertiary/aromatic N) is 2.